The molecule has 0 aliphatic carbocycles. The number of hydrogen-bond acceptors (Lipinski definition) is 5. The number of nitrogens with zero attached hydrogens (tertiary/aromatic N) is 2. The van der Waals surface area contributed by atoms with Crippen LogP contribution in [0, 0.1) is 5.82 Å². The summed E-state index contributed by atoms with van der Waals surface area (Å²) in [4.78, 5) is 29.0. The van der Waals surface area contributed by atoms with Crippen LogP contribution in [0.5, 0.6) is 5.75 Å². The Balaban J connectivity index is 1.34. The Labute approximate surface area is 209 Å². The smallest absolute Gasteiger partial charge is 0.289 e. The molecule has 1 atom stereocenters. The quantitative estimate of drug-likeness (QED) is 0.512. The van der Waals surface area contributed by atoms with Crippen molar-refractivity contribution in [3.63, 3.8) is 0 Å². The highest BCUT2D eigenvalue weighted by Gasteiger charge is 2.32. The maximum atomic E-state index is 13.6. The number of halogens is 1. The van der Waals surface area contributed by atoms with Crippen LogP contribution in [0.1, 0.15) is 52.4 Å². The summed E-state index contributed by atoms with van der Waals surface area (Å²) in [6.07, 6.45) is 1.14. The number of morpholine rings is 1. The molecule has 8 heteroatoms. The van der Waals surface area contributed by atoms with E-state index < -0.39 is 0 Å². The van der Waals surface area contributed by atoms with Gasteiger partial charge in [0.15, 0.2) is 5.76 Å². The topological polar surface area (TPSA) is 72.2 Å². The average Bonchev–Trinajstić information content (AvgIpc) is 3.40. The van der Waals surface area contributed by atoms with Crippen LogP contribution in [0.2, 0.25) is 0 Å². The zero-order valence-electron chi connectivity index (χ0n) is 20.2. The highest BCUT2D eigenvalue weighted by molar-refractivity contribution is 5.91. The Hall–Kier alpha value is -3.65. The highest BCUT2D eigenvalue weighted by atomic mass is 19.1. The minimum absolute atomic E-state index is 0.0503. The van der Waals surface area contributed by atoms with Gasteiger partial charge in [0.2, 0.25) is 5.91 Å². The van der Waals surface area contributed by atoms with E-state index >= 15 is 0 Å². The van der Waals surface area contributed by atoms with E-state index in [9.17, 15) is 14.0 Å². The van der Waals surface area contributed by atoms with Gasteiger partial charge in [-0.3, -0.25) is 9.59 Å². The van der Waals surface area contributed by atoms with Crippen LogP contribution in [0.25, 0.3) is 0 Å². The normalized spacial score (nSPS) is 17.6. The monoisotopic (exact) mass is 492 g/mol. The van der Waals surface area contributed by atoms with Gasteiger partial charge in [-0.2, -0.15) is 0 Å². The van der Waals surface area contributed by atoms with Crippen molar-refractivity contribution in [2.75, 3.05) is 32.8 Å². The van der Waals surface area contributed by atoms with E-state index in [-0.39, 0.29) is 36.0 Å². The maximum Gasteiger partial charge on any atom is 0.289 e. The second kappa shape index (κ2) is 10.5. The van der Waals surface area contributed by atoms with Crippen LogP contribution in [-0.4, -0.2) is 54.5 Å². The number of hydrogen-bond donors (Lipinski definition) is 0. The fourth-order valence-electron chi connectivity index (χ4n) is 4.81. The third-order valence-electron chi connectivity index (χ3n) is 6.71. The molecule has 1 unspecified atom stereocenters. The molecule has 2 amide bonds. The Morgan fingerprint density at radius 1 is 1.03 bits per heavy atom. The number of carbonyl (C=O) groups excluding carboxylic acids is 2. The molecular formula is C28H29FN2O5. The van der Waals surface area contributed by atoms with Crippen molar-refractivity contribution in [3.8, 4) is 5.75 Å². The van der Waals surface area contributed by atoms with E-state index in [0.717, 1.165) is 23.1 Å². The van der Waals surface area contributed by atoms with Gasteiger partial charge >= 0.3 is 0 Å². The van der Waals surface area contributed by atoms with E-state index in [1.54, 1.807) is 29.2 Å². The van der Waals surface area contributed by atoms with Crippen LogP contribution in [0.4, 0.5) is 4.39 Å². The first-order chi connectivity index (χ1) is 17.5. The first-order valence-electron chi connectivity index (χ1n) is 12.3. The second-order valence-corrected chi connectivity index (χ2v) is 8.96. The number of furan rings is 1. The van der Waals surface area contributed by atoms with Gasteiger partial charge in [0.1, 0.15) is 23.9 Å². The summed E-state index contributed by atoms with van der Waals surface area (Å²) >= 11 is 0. The van der Waals surface area contributed by atoms with Gasteiger partial charge in [0, 0.05) is 26.1 Å². The molecule has 3 aromatic rings. The fraction of sp³-hybridized carbons (Fsp3) is 0.357. The van der Waals surface area contributed by atoms with Gasteiger partial charge in [-0.05, 0) is 59.5 Å². The predicted molar refractivity (Wildman–Crippen MR) is 130 cm³/mol. The highest BCUT2D eigenvalue weighted by Crippen LogP contribution is 2.37. The molecule has 36 heavy (non-hydrogen) atoms. The number of ether oxygens (including phenoxy) is 2. The number of fused-ring (bicyclic) bond motifs is 1. The molecule has 7 nitrogen and oxygen atoms in total. The molecule has 1 saturated heterocycles. The largest absolute Gasteiger partial charge is 0.486 e. The van der Waals surface area contributed by atoms with Gasteiger partial charge in [0.05, 0.1) is 19.3 Å². The Kier molecular flexibility index (Phi) is 7.04. The first-order valence-corrected chi connectivity index (χ1v) is 12.3. The van der Waals surface area contributed by atoms with E-state index in [2.05, 4.69) is 0 Å². The molecule has 1 aromatic heterocycles. The summed E-state index contributed by atoms with van der Waals surface area (Å²) in [6.45, 7) is 4.77. The zero-order valence-corrected chi connectivity index (χ0v) is 20.2. The summed E-state index contributed by atoms with van der Waals surface area (Å²) in [5.74, 6) is 1.04. The van der Waals surface area contributed by atoms with Gasteiger partial charge in [-0.25, -0.2) is 4.39 Å². The summed E-state index contributed by atoms with van der Waals surface area (Å²) < 4.78 is 30.7. The average molecular weight is 493 g/mol. The third-order valence-corrected chi connectivity index (χ3v) is 6.71. The molecule has 2 aliphatic rings. The van der Waals surface area contributed by atoms with Gasteiger partial charge in [-0.1, -0.05) is 25.1 Å². The molecule has 1 fully saturated rings. The van der Waals surface area contributed by atoms with Crippen molar-refractivity contribution in [2.45, 2.75) is 32.4 Å². The van der Waals surface area contributed by atoms with Crippen molar-refractivity contribution < 1.29 is 27.9 Å². The minimum Gasteiger partial charge on any atom is -0.486 e. The lowest BCUT2D eigenvalue weighted by Gasteiger charge is -2.38. The molecule has 3 heterocycles. The van der Waals surface area contributed by atoms with Crippen molar-refractivity contribution in [1.29, 1.82) is 0 Å². The summed E-state index contributed by atoms with van der Waals surface area (Å²) in [5, 5.41) is 0. The Bertz CT molecular complexity index is 1230. The SMILES string of the molecule is CCC(=O)N1CCc2ccc(OCc3ccc(C(=O)N4CCOCC4)o3)cc2C1c1ccc(F)cc1. The summed E-state index contributed by atoms with van der Waals surface area (Å²) in [7, 11) is 0. The molecule has 5 rings (SSSR count). The first kappa shape index (κ1) is 24.1. The van der Waals surface area contributed by atoms with Crippen LogP contribution >= 0.6 is 0 Å². The minimum atomic E-state index is -0.315. The lowest BCUT2D eigenvalue weighted by atomic mass is 9.87. The lowest BCUT2D eigenvalue weighted by molar-refractivity contribution is -0.132. The maximum absolute atomic E-state index is 13.6. The summed E-state index contributed by atoms with van der Waals surface area (Å²) in [6, 6.07) is 15.3. The van der Waals surface area contributed by atoms with E-state index in [1.165, 1.54) is 12.1 Å². The summed E-state index contributed by atoms with van der Waals surface area (Å²) in [5.41, 5.74) is 2.96. The standard InChI is InChI=1S/C28H29FN2O5/c1-2-26(32)31-12-11-19-5-8-22(17-24(19)27(31)20-3-6-21(29)7-4-20)35-18-23-9-10-25(36-23)28(33)30-13-15-34-16-14-30/h3-10,17,27H,2,11-16,18H2,1H3. The second-order valence-electron chi connectivity index (χ2n) is 8.96. The Morgan fingerprint density at radius 3 is 2.56 bits per heavy atom. The molecule has 2 aromatic carbocycles. The molecule has 2 aliphatic heterocycles. The van der Waals surface area contributed by atoms with Crippen molar-refractivity contribution in [2.24, 2.45) is 0 Å². The van der Waals surface area contributed by atoms with Crippen molar-refractivity contribution in [1.82, 2.24) is 9.80 Å². The molecule has 0 bridgehead atoms. The van der Waals surface area contributed by atoms with Crippen molar-refractivity contribution in [3.05, 3.63) is 88.6 Å². The molecule has 0 saturated carbocycles. The molecule has 188 valence electrons. The lowest BCUT2D eigenvalue weighted by Crippen LogP contribution is -2.40. The molecule has 0 radical (unpaired) electrons. The van der Waals surface area contributed by atoms with Gasteiger partial charge in [-0.15, -0.1) is 0 Å². The van der Waals surface area contributed by atoms with E-state index in [1.807, 2.05) is 30.0 Å². The fourth-order valence-corrected chi connectivity index (χ4v) is 4.81. The van der Waals surface area contributed by atoms with E-state index in [0.29, 0.717) is 50.8 Å². The van der Waals surface area contributed by atoms with E-state index in [4.69, 9.17) is 13.9 Å². The predicted octanol–water partition coefficient (Wildman–Crippen LogP) is 4.35. The van der Waals surface area contributed by atoms with Crippen LogP contribution < -0.4 is 4.74 Å². The number of carbonyl (C=O) groups is 2. The number of rotatable bonds is 6. The van der Waals surface area contributed by atoms with Crippen LogP contribution in [0.15, 0.2) is 59.0 Å². The van der Waals surface area contributed by atoms with Gasteiger partial charge in [0.25, 0.3) is 5.91 Å². The van der Waals surface area contributed by atoms with Crippen LogP contribution in [-0.2, 0) is 22.6 Å². The third kappa shape index (κ3) is 4.99. The zero-order chi connectivity index (χ0) is 25.1. The molecule has 0 spiro atoms. The van der Waals surface area contributed by atoms with Crippen molar-refractivity contribution >= 4 is 11.8 Å². The van der Waals surface area contributed by atoms with Crippen LogP contribution in [0.3, 0.4) is 0 Å². The number of amides is 2. The molecule has 0 N–H and O–H groups in total. The number of benzene rings is 2. The Morgan fingerprint density at radius 2 is 1.81 bits per heavy atom. The van der Waals surface area contributed by atoms with Gasteiger partial charge < -0.3 is 23.7 Å². The molecular weight excluding hydrogens is 463 g/mol.